The van der Waals surface area contributed by atoms with Gasteiger partial charge in [0.15, 0.2) is 0 Å². The minimum atomic E-state index is -0.462. The fourth-order valence-corrected chi connectivity index (χ4v) is 3.59. The molecule has 0 saturated carbocycles. The molecule has 1 aliphatic heterocycles. The summed E-state index contributed by atoms with van der Waals surface area (Å²) >= 11 is 0. The molecule has 5 heteroatoms. The summed E-state index contributed by atoms with van der Waals surface area (Å²) in [6.45, 7) is 2.00. The fraction of sp³-hybridized carbons (Fsp3) is 0.250. The third-order valence-electron chi connectivity index (χ3n) is 4.81. The average molecular weight is 337 g/mol. The number of aromatic nitrogens is 1. The number of fused-ring (bicyclic) bond motifs is 1. The van der Waals surface area contributed by atoms with E-state index in [4.69, 9.17) is 0 Å². The largest absolute Gasteiger partial charge is 0.353 e. The molecule has 0 spiro atoms. The summed E-state index contributed by atoms with van der Waals surface area (Å²) in [5.74, 6) is -0.390. The van der Waals surface area contributed by atoms with Crippen LogP contribution in [0.5, 0.6) is 0 Å². The van der Waals surface area contributed by atoms with Gasteiger partial charge in [-0.1, -0.05) is 18.2 Å². The molecule has 4 rings (SSSR count). The molecule has 1 N–H and O–H groups in total. The summed E-state index contributed by atoms with van der Waals surface area (Å²) in [6, 6.07) is 14.3. The SMILES string of the molecule is Cn1ccc2cc(CN3CCNC(=O)C3c3cccc(F)c3)ccc21. The van der Waals surface area contributed by atoms with E-state index in [9.17, 15) is 9.18 Å². The Morgan fingerprint density at radius 2 is 2.08 bits per heavy atom. The molecule has 25 heavy (non-hydrogen) atoms. The Kier molecular flexibility index (Phi) is 4.01. The molecule has 128 valence electrons. The summed E-state index contributed by atoms with van der Waals surface area (Å²) in [5.41, 5.74) is 3.02. The van der Waals surface area contributed by atoms with E-state index in [-0.39, 0.29) is 11.7 Å². The molecule has 0 radical (unpaired) electrons. The quantitative estimate of drug-likeness (QED) is 0.798. The maximum atomic E-state index is 13.6. The number of carbonyl (C=O) groups excluding carboxylic acids is 1. The van der Waals surface area contributed by atoms with Gasteiger partial charge in [-0.25, -0.2) is 4.39 Å². The van der Waals surface area contributed by atoms with Gasteiger partial charge in [0, 0.05) is 38.4 Å². The number of amides is 1. The smallest absolute Gasteiger partial charge is 0.242 e. The first kappa shape index (κ1) is 15.8. The number of nitrogens with zero attached hydrogens (tertiary/aromatic N) is 2. The van der Waals surface area contributed by atoms with Gasteiger partial charge in [0.25, 0.3) is 0 Å². The van der Waals surface area contributed by atoms with Gasteiger partial charge in [-0.2, -0.15) is 0 Å². The fourth-order valence-electron chi connectivity index (χ4n) is 3.59. The number of halogens is 1. The van der Waals surface area contributed by atoms with Gasteiger partial charge in [0.1, 0.15) is 11.9 Å². The van der Waals surface area contributed by atoms with Crippen molar-refractivity contribution in [3.8, 4) is 0 Å². The van der Waals surface area contributed by atoms with Gasteiger partial charge in [0.2, 0.25) is 5.91 Å². The van der Waals surface area contributed by atoms with E-state index in [0.29, 0.717) is 18.7 Å². The van der Waals surface area contributed by atoms with Crippen molar-refractivity contribution in [3.05, 3.63) is 71.7 Å². The molecule has 1 saturated heterocycles. The molecule has 1 aliphatic rings. The monoisotopic (exact) mass is 337 g/mol. The van der Waals surface area contributed by atoms with Gasteiger partial charge < -0.3 is 9.88 Å². The van der Waals surface area contributed by atoms with Crippen molar-refractivity contribution in [2.75, 3.05) is 13.1 Å². The van der Waals surface area contributed by atoms with Crippen LogP contribution in [0.25, 0.3) is 10.9 Å². The second-order valence-corrected chi connectivity index (χ2v) is 6.54. The van der Waals surface area contributed by atoms with Gasteiger partial charge in [-0.3, -0.25) is 9.69 Å². The van der Waals surface area contributed by atoms with Crippen LogP contribution >= 0.6 is 0 Å². The van der Waals surface area contributed by atoms with Crippen LogP contribution in [0.1, 0.15) is 17.2 Å². The van der Waals surface area contributed by atoms with Crippen molar-refractivity contribution < 1.29 is 9.18 Å². The first-order valence-corrected chi connectivity index (χ1v) is 8.43. The Morgan fingerprint density at radius 1 is 1.20 bits per heavy atom. The van der Waals surface area contributed by atoms with E-state index in [2.05, 4.69) is 39.0 Å². The highest BCUT2D eigenvalue weighted by Crippen LogP contribution is 2.26. The summed E-state index contributed by atoms with van der Waals surface area (Å²) in [6.07, 6.45) is 2.04. The zero-order valence-corrected chi connectivity index (χ0v) is 14.1. The van der Waals surface area contributed by atoms with Crippen molar-refractivity contribution in [3.63, 3.8) is 0 Å². The second kappa shape index (κ2) is 6.33. The van der Waals surface area contributed by atoms with Gasteiger partial charge >= 0.3 is 0 Å². The number of hydrogen-bond acceptors (Lipinski definition) is 2. The van der Waals surface area contributed by atoms with E-state index in [1.807, 2.05) is 19.3 Å². The van der Waals surface area contributed by atoms with E-state index in [1.165, 1.54) is 23.0 Å². The number of aryl methyl sites for hydroxylation is 1. The predicted octanol–water partition coefficient (Wildman–Crippen LogP) is 2.99. The predicted molar refractivity (Wildman–Crippen MR) is 95.5 cm³/mol. The number of rotatable bonds is 3. The molecule has 2 aromatic carbocycles. The van der Waals surface area contributed by atoms with Gasteiger partial charge in [-0.15, -0.1) is 0 Å². The first-order valence-electron chi connectivity index (χ1n) is 8.43. The lowest BCUT2D eigenvalue weighted by atomic mass is 10.0. The summed E-state index contributed by atoms with van der Waals surface area (Å²) in [5, 5.41) is 4.08. The first-order chi connectivity index (χ1) is 12.1. The molecular weight excluding hydrogens is 317 g/mol. The lowest BCUT2D eigenvalue weighted by Gasteiger charge is -2.35. The van der Waals surface area contributed by atoms with E-state index in [1.54, 1.807) is 6.07 Å². The third-order valence-corrected chi connectivity index (χ3v) is 4.81. The lowest BCUT2D eigenvalue weighted by Crippen LogP contribution is -2.49. The van der Waals surface area contributed by atoms with Crippen LogP contribution in [0.4, 0.5) is 4.39 Å². The van der Waals surface area contributed by atoms with Crippen LogP contribution in [-0.2, 0) is 18.4 Å². The summed E-state index contributed by atoms with van der Waals surface area (Å²) in [4.78, 5) is 14.6. The van der Waals surface area contributed by atoms with Crippen molar-refractivity contribution in [1.82, 2.24) is 14.8 Å². The lowest BCUT2D eigenvalue weighted by molar-refractivity contribution is -0.129. The Morgan fingerprint density at radius 3 is 2.92 bits per heavy atom. The molecule has 0 aliphatic carbocycles. The highest BCUT2D eigenvalue weighted by atomic mass is 19.1. The Balaban J connectivity index is 1.64. The van der Waals surface area contributed by atoms with Crippen LogP contribution in [0.3, 0.4) is 0 Å². The van der Waals surface area contributed by atoms with Crippen molar-refractivity contribution in [2.45, 2.75) is 12.6 Å². The molecule has 0 bridgehead atoms. The van der Waals surface area contributed by atoms with Crippen LogP contribution in [0.15, 0.2) is 54.7 Å². The van der Waals surface area contributed by atoms with E-state index >= 15 is 0 Å². The van der Waals surface area contributed by atoms with Crippen LogP contribution in [0, 0.1) is 5.82 Å². The molecule has 1 amide bonds. The standard InChI is InChI=1S/C20H20FN3O/c1-23-9-7-15-11-14(5-6-18(15)23)13-24-10-8-22-20(25)19(24)16-3-2-4-17(21)12-16/h2-7,9,11-12,19H,8,10,13H2,1H3,(H,22,25). The highest BCUT2D eigenvalue weighted by molar-refractivity contribution is 5.84. The Hall–Kier alpha value is -2.66. The normalized spacial score (nSPS) is 18.5. The van der Waals surface area contributed by atoms with E-state index < -0.39 is 6.04 Å². The number of carbonyl (C=O) groups is 1. The Bertz CT molecular complexity index is 934. The molecular formula is C20H20FN3O. The van der Waals surface area contributed by atoms with Crippen molar-refractivity contribution in [1.29, 1.82) is 0 Å². The minimum absolute atomic E-state index is 0.0716. The third kappa shape index (κ3) is 3.03. The number of nitrogens with one attached hydrogen (secondary N) is 1. The molecule has 1 unspecified atom stereocenters. The maximum Gasteiger partial charge on any atom is 0.242 e. The summed E-state index contributed by atoms with van der Waals surface area (Å²) < 4.78 is 15.7. The zero-order valence-electron chi connectivity index (χ0n) is 14.1. The zero-order chi connectivity index (χ0) is 17.4. The molecule has 1 aromatic heterocycles. The number of piperazine rings is 1. The van der Waals surface area contributed by atoms with Gasteiger partial charge in [0.05, 0.1) is 0 Å². The highest BCUT2D eigenvalue weighted by Gasteiger charge is 2.31. The topological polar surface area (TPSA) is 37.3 Å². The van der Waals surface area contributed by atoms with Gasteiger partial charge in [-0.05, 0) is 46.8 Å². The maximum absolute atomic E-state index is 13.6. The average Bonchev–Trinajstić information content (AvgIpc) is 2.96. The number of hydrogen-bond donors (Lipinski definition) is 1. The van der Waals surface area contributed by atoms with Crippen molar-refractivity contribution in [2.24, 2.45) is 7.05 Å². The number of benzene rings is 2. The molecule has 1 fully saturated rings. The molecule has 4 nitrogen and oxygen atoms in total. The van der Waals surface area contributed by atoms with Crippen LogP contribution in [0.2, 0.25) is 0 Å². The molecule has 3 aromatic rings. The van der Waals surface area contributed by atoms with Crippen LogP contribution in [-0.4, -0.2) is 28.5 Å². The minimum Gasteiger partial charge on any atom is -0.353 e. The summed E-state index contributed by atoms with van der Waals surface area (Å²) in [7, 11) is 2.02. The van der Waals surface area contributed by atoms with E-state index in [0.717, 1.165) is 12.1 Å². The van der Waals surface area contributed by atoms with Crippen molar-refractivity contribution >= 4 is 16.8 Å². The second-order valence-electron chi connectivity index (χ2n) is 6.54. The molecule has 2 heterocycles. The Labute approximate surface area is 145 Å². The van der Waals surface area contributed by atoms with Crippen LogP contribution < -0.4 is 5.32 Å². The molecule has 1 atom stereocenters.